The molecule has 0 radical (unpaired) electrons. The Morgan fingerprint density at radius 3 is 2.89 bits per heavy atom. The van der Waals surface area contributed by atoms with Crippen molar-refractivity contribution in [1.82, 2.24) is 20.2 Å². The molecule has 1 saturated heterocycles. The molecule has 3 rings (SSSR count). The number of aromatic nitrogens is 4. The Kier molecular flexibility index (Phi) is 3.06. The number of nitrogens with one attached hydrogen (secondary N) is 1. The molecule has 1 fully saturated rings. The van der Waals surface area contributed by atoms with Gasteiger partial charge in [0.25, 0.3) is 0 Å². The quantitative estimate of drug-likeness (QED) is 0.836. The molecule has 0 bridgehead atoms. The highest BCUT2D eigenvalue weighted by Gasteiger charge is 2.19. The summed E-state index contributed by atoms with van der Waals surface area (Å²) < 4.78 is 1.86. The van der Waals surface area contributed by atoms with Crippen LogP contribution in [0.1, 0.15) is 24.2 Å². The Morgan fingerprint density at radius 2 is 2.11 bits per heavy atom. The van der Waals surface area contributed by atoms with Gasteiger partial charge >= 0.3 is 0 Å². The van der Waals surface area contributed by atoms with Crippen molar-refractivity contribution < 1.29 is 4.90 Å². The van der Waals surface area contributed by atoms with Crippen molar-refractivity contribution in [3.63, 3.8) is 0 Å². The van der Waals surface area contributed by atoms with Crippen LogP contribution in [0.4, 0.5) is 0 Å². The largest absolute Gasteiger partial charge is 0.329 e. The van der Waals surface area contributed by atoms with Gasteiger partial charge in [-0.15, -0.1) is 5.10 Å². The maximum absolute atomic E-state index is 4.17. The molecule has 0 amide bonds. The van der Waals surface area contributed by atoms with Crippen molar-refractivity contribution in [1.29, 1.82) is 0 Å². The minimum Gasteiger partial charge on any atom is -0.329 e. The summed E-state index contributed by atoms with van der Waals surface area (Å²) in [5.74, 6) is 0.956. The Hall–Kier alpha value is -1.75. The molecule has 5 heteroatoms. The van der Waals surface area contributed by atoms with Crippen LogP contribution in [0.2, 0.25) is 0 Å². The number of aryl methyl sites for hydroxylation is 1. The molecule has 0 unspecified atom stereocenters. The predicted octanol–water partition coefficient (Wildman–Crippen LogP) is 0.149. The third-order valence-corrected chi connectivity index (χ3v) is 3.50. The normalized spacial score (nSPS) is 16.3. The van der Waals surface area contributed by atoms with Crippen LogP contribution in [0.3, 0.4) is 0 Å². The highest BCUT2D eigenvalue weighted by atomic mass is 15.5. The average Bonchev–Trinajstić information content (AvgIpc) is 3.01. The number of likely N-dealkylation sites (tertiary alicyclic amines) is 1. The molecule has 1 aromatic carbocycles. The van der Waals surface area contributed by atoms with E-state index in [1.807, 2.05) is 16.8 Å². The lowest BCUT2D eigenvalue weighted by molar-refractivity contribution is -0.902. The number of hydrogen-bond acceptors (Lipinski definition) is 3. The van der Waals surface area contributed by atoms with E-state index >= 15 is 0 Å². The van der Waals surface area contributed by atoms with E-state index < -0.39 is 0 Å². The van der Waals surface area contributed by atoms with Gasteiger partial charge in [-0.05, 0) is 35.0 Å². The van der Waals surface area contributed by atoms with Gasteiger partial charge in [0.2, 0.25) is 5.82 Å². The van der Waals surface area contributed by atoms with Gasteiger partial charge in [0, 0.05) is 12.8 Å². The van der Waals surface area contributed by atoms with Gasteiger partial charge in [-0.2, -0.15) is 4.68 Å². The van der Waals surface area contributed by atoms with Gasteiger partial charge in [-0.25, -0.2) is 0 Å². The molecular formula is C13H18N5+. The van der Waals surface area contributed by atoms with Gasteiger partial charge in [0.05, 0.1) is 18.8 Å². The van der Waals surface area contributed by atoms with Crippen LogP contribution in [0.5, 0.6) is 0 Å². The molecule has 2 aromatic rings. The molecule has 0 aliphatic carbocycles. The zero-order valence-corrected chi connectivity index (χ0v) is 10.6. The maximum atomic E-state index is 4.17. The van der Waals surface area contributed by atoms with Crippen LogP contribution < -0.4 is 4.90 Å². The van der Waals surface area contributed by atoms with Crippen LogP contribution in [-0.4, -0.2) is 33.3 Å². The minimum absolute atomic E-state index is 0.918. The standard InChI is InChI=1S/C13H17N5/c1-11-5-4-6-12(9-11)18-13(14-15-16-18)10-17-7-2-3-8-17/h4-6,9H,2-3,7-8,10H2,1H3/p+1. The first kappa shape index (κ1) is 11.3. The highest BCUT2D eigenvalue weighted by Crippen LogP contribution is 2.09. The summed E-state index contributed by atoms with van der Waals surface area (Å²) in [7, 11) is 0. The summed E-state index contributed by atoms with van der Waals surface area (Å²) in [5, 5.41) is 12.1. The minimum atomic E-state index is 0.918. The summed E-state index contributed by atoms with van der Waals surface area (Å²) in [6.45, 7) is 5.47. The Labute approximate surface area is 106 Å². The molecule has 0 spiro atoms. The molecule has 1 aliphatic rings. The molecule has 18 heavy (non-hydrogen) atoms. The van der Waals surface area contributed by atoms with Crippen LogP contribution in [-0.2, 0) is 6.54 Å². The highest BCUT2D eigenvalue weighted by molar-refractivity contribution is 5.34. The Morgan fingerprint density at radius 1 is 1.28 bits per heavy atom. The van der Waals surface area contributed by atoms with E-state index in [0.717, 1.165) is 18.1 Å². The molecule has 1 aliphatic heterocycles. The van der Waals surface area contributed by atoms with E-state index in [4.69, 9.17) is 0 Å². The van der Waals surface area contributed by atoms with Gasteiger partial charge < -0.3 is 4.90 Å². The number of quaternary nitrogens is 1. The second-order valence-electron chi connectivity index (χ2n) is 4.98. The number of rotatable bonds is 3. The summed E-state index contributed by atoms with van der Waals surface area (Å²) >= 11 is 0. The van der Waals surface area contributed by atoms with E-state index in [-0.39, 0.29) is 0 Å². The zero-order valence-electron chi connectivity index (χ0n) is 10.6. The maximum Gasteiger partial charge on any atom is 0.210 e. The number of benzene rings is 1. The molecule has 1 N–H and O–H groups in total. The van der Waals surface area contributed by atoms with E-state index in [1.54, 1.807) is 4.90 Å². The first-order chi connectivity index (χ1) is 8.83. The second-order valence-corrected chi connectivity index (χ2v) is 4.98. The van der Waals surface area contributed by atoms with E-state index in [0.29, 0.717) is 0 Å². The molecule has 1 aromatic heterocycles. The Balaban J connectivity index is 1.86. The predicted molar refractivity (Wildman–Crippen MR) is 67.5 cm³/mol. The van der Waals surface area contributed by atoms with Crippen LogP contribution in [0.25, 0.3) is 5.69 Å². The zero-order chi connectivity index (χ0) is 12.4. The lowest BCUT2D eigenvalue weighted by Gasteiger charge is -2.11. The molecule has 5 nitrogen and oxygen atoms in total. The number of nitrogens with zero attached hydrogens (tertiary/aromatic N) is 4. The monoisotopic (exact) mass is 244 g/mol. The lowest BCUT2D eigenvalue weighted by atomic mass is 10.2. The van der Waals surface area contributed by atoms with Crippen molar-refractivity contribution in [2.45, 2.75) is 26.3 Å². The van der Waals surface area contributed by atoms with Crippen molar-refractivity contribution in [2.24, 2.45) is 0 Å². The summed E-state index contributed by atoms with van der Waals surface area (Å²) in [6, 6.07) is 8.28. The van der Waals surface area contributed by atoms with Gasteiger partial charge in [0.1, 0.15) is 6.54 Å². The fourth-order valence-corrected chi connectivity index (χ4v) is 2.55. The van der Waals surface area contributed by atoms with E-state index in [2.05, 4.69) is 34.6 Å². The third-order valence-electron chi connectivity index (χ3n) is 3.50. The SMILES string of the molecule is Cc1cccc(-n2nnnc2C[NH+]2CCCC2)c1. The van der Waals surface area contributed by atoms with Gasteiger partial charge in [-0.3, -0.25) is 0 Å². The van der Waals surface area contributed by atoms with Gasteiger partial charge in [0.15, 0.2) is 0 Å². The number of tetrazole rings is 1. The molecule has 94 valence electrons. The topological polar surface area (TPSA) is 48.0 Å². The summed E-state index contributed by atoms with van der Waals surface area (Å²) in [5.41, 5.74) is 2.27. The smallest absolute Gasteiger partial charge is 0.210 e. The summed E-state index contributed by atoms with van der Waals surface area (Å²) in [4.78, 5) is 1.58. The third kappa shape index (κ3) is 2.26. The number of hydrogen-bond donors (Lipinski definition) is 1. The van der Waals surface area contributed by atoms with E-state index in [9.17, 15) is 0 Å². The molecule has 2 heterocycles. The molecule has 0 saturated carbocycles. The van der Waals surface area contributed by atoms with Crippen molar-refractivity contribution >= 4 is 0 Å². The fourth-order valence-electron chi connectivity index (χ4n) is 2.55. The molecular weight excluding hydrogens is 226 g/mol. The average molecular weight is 244 g/mol. The lowest BCUT2D eigenvalue weighted by Crippen LogP contribution is -3.08. The van der Waals surface area contributed by atoms with Crippen molar-refractivity contribution in [2.75, 3.05) is 13.1 Å². The van der Waals surface area contributed by atoms with Crippen LogP contribution in [0.15, 0.2) is 24.3 Å². The second kappa shape index (κ2) is 4.86. The van der Waals surface area contributed by atoms with Crippen LogP contribution >= 0.6 is 0 Å². The summed E-state index contributed by atoms with van der Waals surface area (Å²) in [6.07, 6.45) is 2.64. The van der Waals surface area contributed by atoms with Gasteiger partial charge in [-0.1, -0.05) is 12.1 Å². The van der Waals surface area contributed by atoms with E-state index in [1.165, 1.54) is 31.5 Å². The van der Waals surface area contributed by atoms with Crippen LogP contribution in [0, 0.1) is 6.92 Å². The Bertz CT molecular complexity index is 528. The fraction of sp³-hybridized carbons (Fsp3) is 0.462. The molecule has 0 atom stereocenters. The van der Waals surface area contributed by atoms with Crippen molar-refractivity contribution in [3.8, 4) is 5.69 Å². The first-order valence-electron chi connectivity index (χ1n) is 6.51. The first-order valence-corrected chi connectivity index (χ1v) is 6.51. The van der Waals surface area contributed by atoms with Crippen molar-refractivity contribution in [3.05, 3.63) is 35.7 Å².